The number of hydrogen-bond donors (Lipinski definition) is 1. The molecule has 4 atom stereocenters. The molecule has 0 aliphatic carbocycles. The first-order chi connectivity index (χ1) is 8.69. The van der Waals surface area contributed by atoms with E-state index in [0.29, 0.717) is 5.92 Å². The first-order valence-electron chi connectivity index (χ1n) is 6.71. The largest absolute Gasteiger partial charge is 0.311 e. The van der Waals surface area contributed by atoms with Crippen molar-refractivity contribution in [1.82, 2.24) is 5.32 Å². The van der Waals surface area contributed by atoms with Gasteiger partial charge >= 0.3 is 0 Å². The fourth-order valence-corrected chi connectivity index (χ4v) is 4.27. The highest BCUT2D eigenvalue weighted by molar-refractivity contribution is 14.1. The van der Waals surface area contributed by atoms with Gasteiger partial charge in [-0.05, 0) is 71.4 Å². The third kappa shape index (κ3) is 2.08. The Morgan fingerprint density at radius 2 is 2.22 bits per heavy atom. The van der Waals surface area contributed by atoms with Crippen molar-refractivity contribution >= 4 is 22.6 Å². The van der Waals surface area contributed by atoms with Gasteiger partial charge < -0.3 is 5.32 Å². The standard InChI is InChI=1S/C16H18IN/c1-3-11-4-5-12(8-15(11)17)14-9-13-6-7-16(18-13)10(14)2/h1,4-5,8,10,13-14,16,18H,6-7,9H2,2H3/t10?,13-,14+,16?/m1/s1. The molecule has 2 fully saturated rings. The summed E-state index contributed by atoms with van der Waals surface area (Å²) in [5, 5.41) is 3.74. The van der Waals surface area contributed by atoms with Crippen molar-refractivity contribution < 1.29 is 0 Å². The van der Waals surface area contributed by atoms with E-state index in [1.165, 1.54) is 28.4 Å². The summed E-state index contributed by atoms with van der Waals surface area (Å²) in [6, 6.07) is 8.10. The van der Waals surface area contributed by atoms with Crippen molar-refractivity contribution in [3.8, 4) is 12.3 Å². The second-order valence-corrected chi connectivity index (χ2v) is 6.79. The molecule has 3 rings (SSSR count). The Kier molecular flexibility index (Phi) is 3.38. The number of rotatable bonds is 1. The maximum absolute atomic E-state index is 5.50. The van der Waals surface area contributed by atoms with Gasteiger partial charge in [0.2, 0.25) is 0 Å². The molecule has 0 amide bonds. The quantitative estimate of drug-likeness (QED) is 0.603. The van der Waals surface area contributed by atoms with E-state index >= 15 is 0 Å². The minimum absolute atomic E-state index is 0.698. The Hall–Kier alpha value is -0.530. The molecule has 0 aromatic heterocycles. The maximum Gasteiger partial charge on any atom is 0.0376 e. The van der Waals surface area contributed by atoms with Crippen LogP contribution in [0.3, 0.4) is 0 Å². The first-order valence-corrected chi connectivity index (χ1v) is 7.79. The molecule has 0 radical (unpaired) electrons. The highest BCUT2D eigenvalue weighted by Crippen LogP contribution is 2.41. The molecular weight excluding hydrogens is 333 g/mol. The van der Waals surface area contributed by atoms with Crippen LogP contribution in [0, 0.1) is 21.8 Å². The average molecular weight is 351 g/mol. The van der Waals surface area contributed by atoms with E-state index in [1.807, 2.05) is 0 Å². The molecule has 18 heavy (non-hydrogen) atoms. The fraction of sp³-hybridized carbons (Fsp3) is 0.500. The Morgan fingerprint density at radius 3 is 2.94 bits per heavy atom. The molecule has 94 valence electrons. The van der Waals surface area contributed by atoms with Gasteiger partial charge in [0.1, 0.15) is 0 Å². The molecule has 2 aliphatic heterocycles. The normalized spacial score (nSPS) is 34.3. The van der Waals surface area contributed by atoms with Crippen LogP contribution in [0.15, 0.2) is 18.2 Å². The summed E-state index contributed by atoms with van der Waals surface area (Å²) in [6.07, 6.45) is 9.48. The zero-order valence-electron chi connectivity index (χ0n) is 10.6. The maximum atomic E-state index is 5.50. The van der Waals surface area contributed by atoms with Crippen molar-refractivity contribution in [2.45, 2.75) is 44.2 Å². The van der Waals surface area contributed by atoms with Crippen molar-refractivity contribution in [3.05, 3.63) is 32.9 Å². The van der Waals surface area contributed by atoms with Gasteiger partial charge in [0, 0.05) is 21.2 Å². The molecule has 2 aliphatic rings. The van der Waals surface area contributed by atoms with Gasteiger partial charge in [-0.2, -0.15) is 0 Å². The average Bonchev–Trinajstić information content (AvgIpc) is 2.78. The van der Waals surface area contributed by atoms with Gasteiger partial charge in [-0.15, -0.1) is 6.42 Å². The van der Waals surface area contributed by atoms with Crippen molar-refractivity contribution in [2.75, 3.05) is 0 Å². The number of piperidine rings is 1. The number of terminal acetylenes is 1. The molecular formula is C16H18IN. The summed E-state index contributed by atoms with van der Waals surface area (Å²) in [7, 11) is 0. The van der Waals surface area contributed by atoms with Crippen molar-refractivity contribution in [3.63, 3.8) is 0 Å². The number of hydrogen-bond acceptors (Lipinski definition) is 1. The van der Waals surface area contributed by atoms with E-state index in [2.05, 4.69) is 59.0 Å². The monoisotopic (exact) mass is 351 g/mol. The van der Waals surface area contributed by atoms with E-state index in [4.69, 9.17) is 6.42 Å². The third-order valence-corrected chi connectivity index (χ3v) is 5.55. The van der Waals surface area contributed by atoms with Crippen molar-refractivity contribution in [1.29, 1.82) is 0 Å². The van der Waals surface area contributed by atoms with Crippen LogP contribution in [0.25, 0.3) is 0 Å². The summed E-state index contributed by atoms with van der Waals surface area (Å²) in [5.74, 6) is 4.18. The van der Waals surface area contributed by atoms with E-state index in [0.717, 1.165) is 23.6 Å². The van der Waals surface area contributed by atoms with Gasteiger partial charge in [-0.1, -0.05) is 18.9 Å². The lowest BCUT2D eigenvalue weighted by molar-refractivity contribution is 0.268. The van der Waals surface area contributed by atoms with Crippen LogP contribution in [-0.4, -0.2) is 12.1 Å². The molecule has 2 heteroatoms. The first kappa shape index (κ1) is 12.5. The zero-order chi connectivity index (χ0) is 12.7. The highest BCUT2D eigenvalue weighted by atomic mass is 127. The van der Waals surface area contributed by atoms with Gasteiger partial charge in [-0.25, -0.2) is 0 Å². The smallest absolute Gasteiger partial charge is 0.0376 e. The van der Waals surface area contributed by atoms with E-state index in [9.17, 15) is 0 Å². The predicted octanol–water partition coefficient (Wildman–Crippen LogP) is 3.52. The summed E-state index contributed by atoms with van der Waals surface area (Å²) in [5.41, 5.74) is 2.49. The minimum atomic E-state index is 0.698. The van der Waals surface area contributed by atoms with E-state index < -0.39 is 0 Å². The van der Waals surface area contributed by atoms with Crippen LogP contribution in [0.4, 0.5) is 0 Å². The van der Waals surface area contributed by atoms with Gasteiger partial charge in [0.25, 0.3) is 0 Å². The molecule has 2 heterocycles. The van der Waals surface area contributed by atoms with Gasteiger partial charge in [-0.3, -0.25) is 0 Å². The summed E-state index contributed by atoms with van der Waals surface area (Å²) in [4.78, 5) is 0. The fourth-order valence-electron chi connectivity index (χ4n) is 3.57. The predicted molar refractivity (Wildman–Crippen MR) is 83.6 cm³/mol. The Labute approximate surface area is 123 Å². The van der Waals surface area contributed by atoms with E-state index in [1.54, 1.807) is 0 Å². The lowest BCUT2D eigenvalue weighted by atomic mass is 9.78. The number of benzene rings is 1. The number of nitrogens with one attached hydrogen (secondary N) is 1. The van der Waals surface area contributed by atoms with E-state index in [-0.39, 0.29) is 0 Å². The zero-order valence-corrected chi connectivity index (χ0v) is 12.8. The summed E-state index contributed by atoms with van der Waals surface area (Å²) in [6.45, 7) is 2.39. The van der Waals surface area contributed by atoms with Crippen molar-refractivity contribution in [2.24, 2.45) is 5.92 Å². The molecule has 1 N–H and O–H groups in total. The number of fused-ring (bicyclic) bond motifs is 2. The Bertz CT molecular complexity index is 502. The van der Waals surface area contributed by atoms with Crippen LogP contribution in [0.5, 0.6) is 0 Å². The molecule has 1 aromatic rings. The van der Waals surface area contributed by atoms with Crippen LogP contribution >= 0.6 is 22.6 Å². The third-order valence-electron chi connectivity index (χ3n) is 4.66. The second kappa shape index (κ2) is 4.86. The van der Waals surface area contributed by atoms with Crippen LogP contribution in [0.2, 0.25) is 0 Å². The van der Waals surface area contributed by atoms with Gasteiger partial charge in [0.15, 0.2) is 0 Å². The highest BCUT2D eigenvalue weighted by Gasteiger charge is 2.39. The van der Waals surface area contributed by atoms with Gasteiger partial charge in [0.05, 0.1) is 0 Å². The molecule has 0 spiro atoms. The Morgan fingerprint density at radius 1 is 1.39 bits per heavy atom. The topological polar surface area (TPSA) is 12.0 Å². The number of halogens is 1. The molecule has 2 saturated heterocycles. The Balaban J connectivity index is 1.91. The second-order valence-electron chi connectivity index (χ2n) is 5.63. The SMILES string of the molecule is C#Cc1ccc([C@H]2C[C@H]3CCC(N3)C2C)cc1I. The molecule has 1 aromatic carbocycles. The molecule has 0 saturated carbocycles. The lowest BCUT2D eigenvalue weighted by Crippen LogP contribution is -2.43. The molecule has 2 bridgehead atoms. The van der Waals surface area contributed by atoms with Crippen LogP contribution in [0.1, 0.15) is 43.2 Å². The minimum Gasteiger partial charge on any atom is -0.311 e. The van der Waals surface area contributed by atoms with Crippen LogP contribution in [-0.2, 0) is 0 Å². The lowest BCUT2D eigenvalue weighted by Gasteiger charge is -2.36. The summed E-state index contributed by atoms with van der Waals surface area (Å²) < 4.78 is 1.21. The van der Waals surface area contributed by atoms with Crippen LogP contribution < -0.4 is 5.32 Å². The summed E-state index contributed by atoms with van der Waals surface area (Å²) >= 11 is 2.36. The molecule has 2 unspecified atom stereocenters. The molecule has 1 nitrogen and oxygen atoms in total.